The van der Waals surface area contributed by atoms with Gasteiger partial charge in [-0.2, -0.15) is 4.98 Å². The number of imide groups is 2. The number of ether oxygens (including phenoxy) is 4. The van der Waals surface area contributed by atoms with Crippen LogP contribution >= 0.6 is 15.9 Å². The molecule has 0 bridgehead atoms. The molecule has 1 saturated heterocycles. The van der Waals surface area contributed by atoms with Gasteiger partial charge in [0.25, 0.3) is 17.7 Å². The number of benzene rings is 3. The SMILES string of the molecule is Cc1cc(Nc2ncc(Br)c(Nc3cccc(C)c3C(N)=O)n2)ccc1S(=O)(=O)CCNCCOCCOCCOCCOCCCc1cccc2c1C(=O)N(C1CCC(=O)NC1=O)C2=O. The third-order valence-electron chi connectivity index (χ3n) is 10.7. The van der Waals surface area contributed by atoms with Crippen LogP contribution in [0.3, 0.4) is 0 Å². The van der Waals surface area contributed by atoms with E-state index in [9.17, 15) is 32.4 Å². The Morgan fingerprint density at radius 1 is 0.864 bits per heavy atom. The van der Waals surface area contributed by atoms with E-state index in [1.807, 2.05) is 0 Å². The molecule has 4 aromatic rings. The number of aromatic nitrogens is 2. The van der Waals surface area contributed by atoms with E-state index in [2.05, 4.69) is 47.2 Å². The smallest absolute Gasteiger partial charge is 0.262 e. The summed E-state index contributed by atoms with van der Waals surface area (Å²) in [6.45, 7) is 7.27. The fourth-order valence-electron chi connectivity index (χ4n) is 7.45. The van der Waals surface area contributed by atoms with E-state index < -0.39 is 45.4 Å². The molecule has 1 atom stereocenters. The van der Waals surface area contributed by atoms with Crippen LogP contribution in [-0.2, 0) is 44.8 Å². The first-order chi connectivity index (χ1) is 31.7. The number of halogens is 1. The maximum atomic E-state index is 13.2. The zero-order valence-corrected chi connectivity index (χ0v) is 39.1. The second-order valence-electron chi connectivity index (χ2n) is 15.4. The molecule has 66 heavy (non-hydrogen) atoms. The number of hydrogen-bond acceptors (Lipinski definition) is 16. The van der Waals surface area contributed by atoms with Crippen molar-refractivity contribution in [2.75, 3.05) is 82.3 Å². The summed E-state index contributed by atoms with van der Waals surface area (Å²) in [6, 6.07) is 14.3. The number of sulfone groups is 1. The highest BCUT2D eigenvalue weighted by Gasteiger charge is 2.45. The van der Waals surface area contributed by atoms with Crippen molar-refractivity contribution in [3.63, 3.8) is 0 Å². The molecular formula is C45H53BrN8O11S. The van der Waals surface area contributed by atoms with Crippen LogP contribution in [0.2, 0.25) is 0 Å². The number of carbonyl (C=O) groups excluding carboxylic acids is 5. The van der Waals surface area contributed by atoms with Gasteiger partial charge in [-0.1, -0.05) is 24.3 Å². The Hall–Kier alpha value is -5.68. The maximum Gasteiger partial charge on any atom is 0.262 e. The van der Waals surface area contributed by atoms with Crippen molar-refractivity contribution in [3.8, 4) is 0 Å². The first kappa shape index (κ1) is 49.7. The fourth-order valence-corrected chi connectivity index (χ4v) is 9.20. The summed E-state index contributed by atoms with van der Waals surface area (Å²) in [4.78, 5) is 72.3. The molecule has 0 saturated carbocycles. The summed E-state index contributed by atoms with van der Waals surface area (Å²) in [5.41, 5.74) is 9.59. The quantitative estimate of drug-likeness (QED) is 0.0441. The Labute approximate surface area is 390 Å². The molecule has 6 rings (SSSR count). The van der Waals surface area contributed by atoms with Gasteiger partial charge >= 0.3 is 0 Å². The summed E-state index contributed by atoms with van der Waals surface area (Å²) in [5.74, 6) is -2.12. The molecule has 0 spiro atoms. The van der Waals surface area contributed by atoms with E-state index in [0.29, 0.717) is 116 Å². The second kappa shape index (κ2) is 23.7. The van der Waals surface area contributed by atoms with E-state index in [-0.39, 0.29) is 41.5 Å². The van der Waals surface area contributed by atoms with Crippen molar-refractivity contribution in [2.24, 2.45) is 5.73 Å². The molecule has 0 aliphatic carbocycles. The summed E-state index contributed by atoms with van der Waals surface area (Å²) >= 11 is 3.44. The van der Waals surface area contributed by atoms with Gasteiger partial charge in [-0.15, -0.1) is 0 Å². The molecule has 1 unspecified atom stereocenters. The Balaban J connectivity index is 0.782. The lowest BCUT2D eigenvalue weighted by molar-refractivity contribution is -0.136. The minimum atomic E-state index is -3.58. The maximum absolute atomic E-state index is 13.2. The summed E-state index contributed by atoms with van der Waals surface area (Å²) in [6.07, 6.45) is 2.83. The molecule has 5 amide bonds. The van der Waals surface area contributed by atoms with Gasteiger partial charge < -0.3 is 40.6 Å². The lowest BCUT2D eigenvalue weighted by Crippen LogP contribution is -2.54. The topological polar surface area (TPSA) is 260 Å². The number of primary amides is 1. The Bertz CT molecular complexity index is 2540. The van der Waals surface area contributed by atoms with Crippen LogP contribution in [0, 0.1) is 13.8 Å². The Morgan fingerprint density at radius 3 is 2.26 bits per heavy atom. The van der Waals surface area contributed by atoms with Gasteiger partial charge in [-0.05, 0) is 96.1 Å². The van der Waals surface area contributed by atoms with Crippen LogP contribution in [0.15, 0.2) is 70.2 Å². The number of piperidine rings is 1. The standard InChI is InChI=1S/C45H53BrN8O11S/c1-28-6-3-10-34(38(28)40(47)56)51-41-33(46)27-49-45(53-41)50-31-11-13-36(29(2)26-31)66(60,61)25-16-48-15-18-63-20-22-65-24-23-64-21-19-62-17-5-8-30-7-4-9-32-39(30)44(59)54(43(32)58)35-12-14-37(55)52-42(35)57/h3-4,6-7,9-11,13,26-27,35,48H,5,8,12,14-25H2,1-2H3,(H2,47,56)(H,52,55,57)(H2,49,50,51,53). The van der Waals surface area contributed by atoms with E-state index in [4.69, 9.17) is 24.7 Å². The molecule has 1 aromatic heterocycles. The highest BCUT2D eigenvalue weighted by atomic mass is 79.9. The third kappa shape index (κ3) is 13.0. The first-order valence-electron chi connectivity index (χ1n) is 21.4. The van der Waals surface area contributed by atoms with Crippen molar-refractivity contribution in [2.45, 2.75) is 50.5 Å². The number of aryl methyl sites for hydroxylation is 3. The Kier molecular flexibility index (Phi) is 17.8. The van der Waals surface area contributed by atoms with Crippen molar-refractivity contribution in [1.82, 2.24) is 25.5 Å². The van der Waals surface area contributed by atoms with Crippen molar-refractivity contribution < 1.29 is 51.3 Å². The van der Waals surface area contributed by atoms with Crippen molar-refractivity contribution in [3.05, 3.63) is 98.6 Å². The Morgan fingerprint density at radius 2 is 1.56 bits per heavy atom. The fraction of sp³-hybridized carbons (Fsp3) is 0.400. The largest absolute Gasteiger partial charge is 0.379 e. The van der Waals surface area contributed by atoms with E-state index in [1.54, 1.807) is 74.6 Å². The van der Waals surface area contributed by atoms with E-state index in [1.165, 1.54) is 0 Å². The lowest BCUT2D eigenvalue weighted by Gasteiger charge is -2.27. The van der Waals surface area contributed by atoms with Crippen LogP contribution < -0.4 is 27.0 Å². The predicted octanol–water partition coefficient (Wildman–Crippen LogP) is 3.91. The molecule has 19 nitrogen and oxygen atoms in total. The normalized spacial score (nSPS) is 15.0. The predicted molar refractivity (Wildman–Crippen MR) is 247 cm³/mol. The molecule has 3 aromatic carbocycles. The summed E-state index contributed by atoms with van der Waals surface area (Å²) in [5, 5.41) is 11.6. The molecule has 3 heterocycles. The molecule has 2 aliphatic heterocycles. The molecule has 1 fully saturated rings. The van der Waals surface area contributed by atoms with Gasteiger partial charge in [0, 0.05) is 38.0 Å². The molecule has 2 aliphatic rings. The molecule has 352 valence electrons. The minimum absolute atomic E-state index is 0.0642. The van der Waals surface area contributed by atoms with Crippen LogP contribution in [-0.4, -0.2) is 131 Å². The summed E-state index contributed by atoms with van der Waals surface area (Å²) < 4.78 is 49.2. The highest BCUT2D eigenvalue weighted by Crippen LogP contribution is 2.32. The number of rotatable bonds is 26. The first-order valence-corrected chi connectivity index (χ1v) is 23.8. The van der Waals surface area contributed by atoms with Gasteiger partial charge in [0.15, 0.2) is 9.84 Å². The molecule has 6 N–H and O–H groups in total. The molecule has 0 radical (unpaired) electrons. The molecule has 21 heteroatoms. The zero-order valence-electron chi connectivity index (χ0n) is 36.7. The van der Waals surface area contributed by atoms with Crippen LogP contribution in [0.1, 0.15) is 67.0 Å². The lowest BCUT2D eigenvalue weighted by atomic mass is 9.99. The minimum Gasteiger partial charge on any atom is -0.379 e. The van der Waals surface area contributed by atoms with Gasteiger partial charge in [-0.25, -0.2) is 13.4 Å². The van der Waals surface area contributed by atoms with E-state index in [0.717, 1.165) is 10.5 Å². The number of nitrogens with zero attached hydrogens (tertiary/aromatic N) is 3. The number of anilines is 4. The molecular weight excluding hydrogens is 941 g/mol. The van der Waals surface area contributed by atoms with Crippen molar-refractivity contribution >= 4 is 78.4 Å². The van der Waals surface area contributed by atoms with E-state index >= 15 is 0 Å². The zero-order chi connectivity index (χ0) is 47.2. The van der Waals surface area contributed by atoms with Crippen LogP contribution in [0.25, 0.3) is 0 Å². The van der Waals surface area contributed by atoms with Gasteiger partial charge in [0.1, 0.15) is 11.9 Å². The number of amides is 5. The highest BCUT2D eigenvalue weighted by molar-refractivity contribution is 9.10. The number of nitrogens with two attached hydrogens (primary N) is 1. The number of fused-ring (bicyclic) bond motifs is 1. The monoisotopic (exact) mass is 992 g/mol. The average molecular weight is 994 g/mol. The number of nitrogens with one attached hydrogen (secondary N) is 4. The van der Waals surface area contributed by atoms with Crippen molar-refractivity contribution in [1.29, 1.82) is 0 Å². The second-order valence-corrected chi connectivity index (χ2v) is 18.3. The average Bonchev–Trinajstić information content (AvgIpc) is 3.52. The third-order valence-corrected chi connectivity index (χ3v) is 13.1. The number of hydrogen-bond donors (Lipinski definition) is 5. The van der Waals surface area contributed by atoms with Crippen LogP contribution in [0.4, 0.5) is 23.1 Å². The van der Waals surface area contributed by atoms with Gasteiger partial charge in [0.05, 0.1) is 83.7 Å². The summed E-state index contributed by atoms with van der Waals surface area (Å²) in [7, 11) is -3.58. The van der Waals surface area contributed by atoms with Gasteiger partial charge in [-0.3, -0.25) is 34.2 Å². The number of carbonyl (C=O) groups is 5. The van der Waals surface area contributed by atoms with Crippen LogP contribution in [0.5, 0.6) is 0 Å². The van der Waals surface area contributed by atoms with Gasteiger partial charge in [0.2, 0.25) is 17.8 Å².